The highest BCUT2D eigenvalue weighted by Crippen LogP contribution is 2.30. The van der Waals surface area contributed by atoms with Crippen LogP contribution in [0.15, 0.2) is 104 Å². The van der Waals surface area contributed by atoms with Crippen molar-refractivity contribution in [2.45, 2.75) is 84.0 Å². The van der Waals surface area contributed by atoms with Gasteiger partial charge in [0, 0.05) is 88.4 Å². The highest BCUT2D eigenvalue weighted by molar-refractivity contribution is 6.30. The van der Waals surface area contributed by atoms with E-state index in [2.05, 4.69) is 57.9 Å². The van der Waals surface area contributed by atoms with Crippen molar-refractivity contribution >= 4 is 63.9 Å². The van der Waals surface area contributed by atoms with Crippen molar-refractivity contribution in [3.8, 4) is 11.1 Å². The molecule has 0 saturated carbocycles. The molecule has 8 rings (SSSR count). The second kappa shape index (κ2) is 27.8. The third kappa shape index (κ3) is 16.8. The Morgan fingerprint density at radius 3 is 2.35 bits per heavy atom. The van der Waals surface area contributed by atoms with Crippen LogP contribution in [0.1, 0.15) is 85.7 Å². The number of aromatic amines is 1. The van der Waals surface area contributed by atoms with E-state index in [0.29, 0.717) is 88.8 Å². The van der Waals surface area contributed by atoms with Crippen molar-refractivity contribution in [1.82, 2.24) is 50.6 Å². The second-order valence-corrected chi connectivity index (χ2v) is 22.2. The van der Waals surface area contributed by atoms with Crippen molar-refractivity contribution in [2.75, 3.05) is 95.4 Å². The molecule has 430 valence electrons. The first-order valence-electron chi connectivity index (χ1n) is 27.8. The number of pyridine rings is 1. The van der Waals surface area contributed by atoms with Crippen LogP contribution < -0.4 is 31.9 Å². The fourth-order valence-electron chi connectivity index (χ4n) is 9.96. The van der Waals surface area contributed by atoms with Gasteiger partial charge in [0.15, 0.2) is 5.69 Å². The lowest BCUT2D eigenvalue weighted by Gasteiger charge is -2.39. The molecule has 21 heteroatoms. The first kappa shape index (κ1) is 59.6. The highest BCUT2D eigenvalue weighted by Gasteiger charge is 2.39. The lowest BCUT2D eigenvalue weighted by molar-refractivity contribution is -0.132. The maximum Gasteiger partial charge on any atom is 0.411 e. The monoisotopic (exact) mass is 1130 g/mol. The molecular weight excluding hydrogens is 1050 g/mol. The average Bonchev–Trinajstić information content (AvgIpc) is 3.96. The van der Waals surface area contributed by atoms with Crippen molar-refractivity contribution in [3.63, 3.8) is 0 Å². The van der Waals surface area contributed by atoms with E-state index in [1.54, 1.807) is 39.4 Å². The lowest BCUT2D eigenvalue weighted by atomic mass is 9.87. The SMILES string of the molecule is CCc1cccc(-c2cnc(C(=O)NCCOCCNCC(=O)N3CCN(CC[C@H](NC(=O)C4(N)CCN(c5ncnc6[nH]ccc56)CC4)c4ccc(Cl)cc4)CC3)c(NC(=O)CN(Cc3cccc(C)c3)C(=O)OC(C)(C)C)c2)c1. The van der Waals surface area contributed by atoms with Gasteiger partial charge in [-0.15, -0.1) is 0 Å². The van der Waals surface area contributed by atoms with Crippen LogP contribution in [0.3, 0.4) is 0 Å². The molecule has 20 nitrogen and oxygen atoms in total. The Balaban J connectivity index is 0.764. The number of piperazine rings is 1. The number of nitrogens with zero attached hydrogens (tertiary/aromatic N) is 7. The summed E-state index contributed by atoms with van der Waals surface area (Å²) in [6.45, 7) is 14.7. The van der Waals surface area contributed by atoms with Gasteiger partial charge in [0.25, 0.3) is 5.91 Å². The number of aryl methyl sites for hydroxylation is 2. The summed E-state index contributed by atoms with van der Waals surface area (Å²) in [5.41, 5.74) is 11.4. The molecule has 3 aromatic carbocycles. The number of ether oxygens (including phenoxy) is 2. The van der Waals surface area contributed by atoms with Crippen LogP contribution in [-0.2, 0) is 36.8 Å². The third-order valence-corrected chi connectivity index (χ3v) is 14.7. The van der Waals surface area contributed by atoms with Crippen molar-refractivity contribution in [3.05, 3.63) is 137 Å². The van der Waals surface area contributed by atoms with Gasteiger partial charge in [-0.1, -0.05) is 84.8 Å². The summed E-state index contributed by atoms with van der Waals surface area (Å²) in [5, 5.41) is 13.7. The summed E-state index contributed by atoms with van der Waals surface area (Å²) in [4.78, 5) is 92.3. The zero-order chi connectivity index (χ0) is 57.5. The minimum atomic E-state index is -1.04. The summed E-state index contributed by atoms with van der Waals surface area (Å²) in [7, 11) is 0. The topological polar surface area (TPSA) is 245 Å². The number of piperidine rings is 1. The Hall–Kier alpha value is -7.49. The molecule has 0 aliphatic carbocycles. The number of benzene rings is 3. The first-order valence-corrected chi connectivity index (χ1v) is 28.2. The fraction of sp³-hybridized carbons (Fsp3) is 0.433. The molecule has 6 aromatic rings. The Kier molecular flexibility index (Phi) is 20.5. The second-order valence-electron chi connectivity index (χ2n) is 21.8. The van der Waals surface area contributed by atoms with Crippen LogP contribution in [0.25, 0.3) is 22.2 Å². The van der Waals surface area contributed by atoms with Crippen LogP contribution in [0.4, 0.5) is 16.3 Å². The average molecular weight is 1130 g/mol. The molecular formula is C60H76ClN13O7. The van der Waals surface area contributed by atoms with E-state index in [9.17, 15) is 24.0 Å². The minimum absolute atomic E-state index is 0.000233. The smallest absolute Gasteiger partial charge is 0.411 e. The fourth-order valence-corrected chi connectivity index (χ4v) is 10.1. The van der Waals surface area contributed by atoms with Crippen molar-refractivity contribution in [2.24, 2.45) is 5.73 Å². The number of rotatable bonds is 23. The molecule has 2 aliphatic rings. The predicted octanol–water partition coefficient (Wildman–Crippen LogP) is 6.65. The quantitative estimate of drug-likeness (QED) is 0.0368. The molecule has 2 saturated heterocycles. The van der Waals surface area contributed by atoms with E-state index in [1.807, 2.05) is 96.9 Å². The number of halogens is 1. The number of amides is 5. The standard InChI is InChI=1S/C60H76ClN13O7/c1-6-42-10-8-12-45(34-42)46-35-50(69-51(75)39-74(58(79)81-59(3,4)5)38-43-11-7-9-41(2)33-43)53(66-36-46)56(77)65-23-32-80-31-22-63-37-52(76)72-29-27-71(28-30-72)24-18-49(44-13-15-47(61)16-14-44)70-57(78)60(62)19-25-73(26-20-60)55-48-17-21-64-54(48)67-40-68-55/h7-17,21,33-36,40,49,63H,6,18-20,22-32,37-39,62H2,1-5H3,(H,65,77)(H,69,75)(H,70,78)(H,64,67,68)/t49-/m0/s1. The number of hydrogen-bond acceptors (Lipinski definition) is 14. The number of hydrogen-bond donors (Lipinski definition) is 6. The number of fused-ring (bicyclic) bond motifs is 1. The molecule has 0 spiro atoms. The summed E-state index contributed by atoms with van der Waals surface area (Å²) in [5.74, 6) is -0.416. The molecule has 5 heterocycles. The van der Waals surface area contributed by atoms with Crippen molar-refractivity contribution < 1.29 is 33.4 Å². The molecule has 1 atom stereocenters. The Morgan fingerprint density at radius 2 is 1.60 bits per heavy atom. The van der Waals surface area contributed by atoms with E-state index in [0.717, 1.165) is 51.1 Å². The van der Waals surface area contributed by atoms with E-state index in [4.69, 9.17) is 26.8 Å². The number of carbonyl (C=O) groups excluding carboxylic acids is 5. The molecule has 0 unspecified atom stereocenters. The third-order valence-electron chi connectivity index (χ3n) is 14.5. The lowest BCUT2D eigenvalue weighted by Crippen LogP contribution is -2.60. The molecule has 5 amide bonds. The molecule has 2 fully saturated rings. The van der Waals surface area contributed by atoms with Crippen LogP contribution in [0, 0.1) is 6.92 Å². The van der Waals surface area contributed by atoms with Crippen LogP contribution >= 0.6 is 11.6 Å². The van der Waals surface area contributed by atoms with Gasteiger partial charge in [0.2, 0.25) is 17.7 Å². The Morgan fingerprint density at radius 1 is 0.864 bits per heavy atom. The summed E-state index contributed by atoms with van der Waals surface area (Å²) in [6, 6.07) is 26.5. The highest BCUT2D eigenvalue weighted by atomic mass is 35.5. The van der Waals surface area contributed by atoms with Gasteiger partial charge in [-0.2, -0.15) is 0 Å². The normalized spacial score (nSPS) is 15.0. The number of nitrogens with one attached hydrogen (secondary N) is 5. The van der Waals surface area contributed by atoms with Gasteiger partial charge in [-0.3, -0.25) is 29.0 Å². The number of anilines is 2. The molecule has 7 N–H and O–H groups in total. The van der Waals surface area contributed by atoms with Gasteiger partial charge in [-0.05, 0) is 99.9 Å². The zero-order valence-corrected chi connectivity index (χ0v) is 47.8. The van der Waals surface area contributed by atoms with Gasteiger partial charge >= 0.3 is 6.09 Å². The number of H-pyrrole nitrogens is 1. The summed E-state index contributed by atoms with van der Waals surface area (Å²) in [6.07, 6.45) is 6.74. The molecule has 0 radical (unpaired) electrons. The Bertz CT molecular complexity index is 3110. The largest absolute Gasteiger partial charge is 0.444 e. The van der Waals surface area contributed by atoms with Gasteiger partial charge in [0.05, 0.1) is 42.4 Å². The predicted molar refractivity (Wildman–Crippen MR) is 314 cm³/mol. The minimum Gasteiger partial charge on any atom is -0.444 e. The summed E-state index contributed by atoms with van der Waals surface area (Å²) >= 11 is 6.26. The molecule has 0 bridgehead atoms. The Labute approximate surface area is 478 Å². The van der Waals surface area contributed by atoms with Gasteiger partial charge < -0.3 is 51.3 Å². The van der Waals surface area contributed by atoms with Gasteiger partial charge in [0.1, 0.15) is 29.9 Å². The van der Waals surface area contributed by atoms with E-state index in [1.165, 1.54) is 4.90 Å². The van der Waals surface area contributed by atoms with Gasteiger partial charge in [-0.25, -0.2) is 19.7 Å². The molecule has 81 heavy (non-hydrogen) atoms. The first-order chi connectivity index (χ1) is 38.9. The van der Waals surface area contributed by atoms with Crippen LogP contribution in [-0.4, -0.2) is 161 Å². The maximum absolute atomic E-state index is 14.0. The molecule has 3 aromatic heterocycles. The summed E-state index contributed by atoms with van der Waals surface area (Å²) < 4.78 is 11.5. The van der Waals surface area contributed by atoms with E-state index < -0.39 is 29.0 Å². The van der Waals surface area contributed by atoms with E-state index >= 15 is 0 Å². The number of nitrogens with two attached hydrogens (primary N) is 1. The van der Waals surface area contributed by atoms with Crippen molar-refractivity contribution in [1.29, 1.82) is 0 Å². The van der Waals surface area contributed by atoms with Crippen LogP contribution in [0.5, 0.6) is 0 Å². The zero-order valence-electron chi connectivity index (χ0n) is 47.1. The number of carbonyl (C=O) groups is 5. The molecule has 2 aliphatic heterocycles. The number of aromatic nitrogens is 4. The van der Waals surface area contributed by atoms with Crippen LogP contribution in [0.2, 0.25) is 5.02 Å². The van der Waals surface area contributed by atoms with E-state index in [-0.39, 0.29) is 62.0 Å². The maximum atomic E-state index is 14.0.